The van der Waals surface area contributed by atoms with Gasteiger partial charge in [-0.25, -0.2) is 9.97 Å². The lowest BCUT2D eigenvalue weighted by molar-refractivity contribution is 0.0952. The maximum Gasteiger partial charge on any atom is 0.252 e. The predicted octanol–water partition coefficient (Wildman–Crippen LogP) is 5.12. The molecule has 0 bridgehead atoms. The number of aromatic nitrogens is 2. The highest BCUT2D eigenvalue weighted by Gasteiger charge is 2.25. The first-order valence-electron chi connectivity index (χ1n) is 8.24. The largest absolute Gasteiger partial charge is 0.349 e. The fourth-order valence-corrected chi connectivity index (χ4v) is 4.01. The molecule has 1 aliphatic carbocycles. The van der Waals surface area contributed by atoms with Crippen molar-refractivity contribution in [2.75, 3.05) is 0 Å². The van der Waals surface area contributed by atoms with Crippen LogP contribution in [0.3, 0.4) is 0 Å². The van der Waals surface area contributed by atoms with Crippen LogP contribution in [0.1, 0.15) is 28.8 Å². The van der Waals surface area contributed by atoms with Crippen LogP contribution in [0, 0.1) is 0 Å². The summed E-state index contributed by atoms with van der Waals surface area (Å²) in [6, 6.07) is 13.4. The first-order valence-corrected chi connectivity index (χ1v) is 9.98. The molecule has 0 spiro atoms. The Balaban J connectivity index is 1.63. The quantitative estimate of drug-likeness (QED) is 0.474. The van der Waals surface area contributed by atoms with Gasteiger partial charge in [-0.05, 0) is 42.7 Å². The van der Waals surface area contributed by atoms with Gasteiger partial charge in [-0.3, -0.25) is 4.79 Å². The number of hydrogen-bond acceptors (Lipinski definition) is 4. The van der Waals surface area contributed by atoms with E-state index in [9.17, 15) is 4.79 Å². The van der Waals surface area contributed by atoms with E-state index in [1.807, 2.05) is 30.3 Å². The summed E-state index contributed by atoms with van der Waals surface area (Å²) in [5, 5.41) is 5.44. The molecule has 0 atom stereocenters. The highest BCUT2D eigenvalue weighted by Crippen LogP contribution is 2.28. The minimum atomic E-state index is -0.0389. The van der Waals surface area contributed by atoms with Crippen LogP contribution in [-0.4, -0.2) is 21.9 Å². The minimum absolute atomic E-state index is 0.0389. The smallest absolute Gasteiger partial charge is 0.252 e. The molecule has 1 saturated carbocycles. The van der Waals surface area contributed by atoms with Crippen molar-refractivity contribution >= 4 is 51.8 Å². The Morgan fingerprint density at radius 1 is 1.12 bits per heavy atom. The van der Waals surface area contributed by atoms with Gasteiger partial charge in [0.05, 0.1) is 16.1 Å². The molecule has 4 rings (SSSR count). The number of nitrogens with zero attached hydrogens (tertiary/aromatic N) is 2. The highest BCUT2D eigenvalue weighted by atomic mass is 35.5. The van der Waals surface area contributed by atoms with E-state index in [4.69, 9.17) is 23.2 Å². The average molecular weight is 404 g/mol. The number of benzene rings is 1. The van der Waals surface area contributed by atoms with Crippen molar-refractivity contribution in [2.24, 2.45) is 0 Å². The van der Waals surface area contributed by atoms with Crippen molar-refractivity contribution in [3.63, 3.8) is 0 Å². The molecule has 0 saturated heterocycles. The van der Waals surface area contributed by atoms with E-state index in [1.165, 1.54) is 11.8 Å². The lowest BCUT2D eigenvalue weighted by Gasteiger charge is -2.10. The average Bonchev–Trinajstić information content (AvgIpc) is 3.42. The Morgan fingerprint density at radius 3 is 2.58 bits per heavy atom. The molecule has 0 radical (unpaired) electrons. The fraction of sp³-hybridized carbons (Fsp3) is 0.211. The van der Waals surface area contributed by atoms with Crippen LogP contribution in [0.5, 0.6) is 0 Å². The van der Waals surface area contributed by atoms with Crippen LogP contribution in [0.4, 0.5) is 0 Å². The lowest BCUT2D eigenvalue weighted by Crippen LogP contribution is -2.25. The number of rotatable bonds is 5. The van der Waals surface area contributed by atoms with Gasteiger partial charge in [0.2, 0.25) is 0 Å². The van der Waals surface area contributed by atoms with Crippen LogP contribution in [0.25, 0.3) is 10.9 Å². The Kier molecular flexibility index (Phi) is 5.02. The van der Waals surface area contributed by atoms with Gasteiger partial charge >= 0.3 is 0 Å². The topological polar surface area (TPSA) is 54.9 Å². The van der Waals surface area contributed by atoms with E-state index >= 15 is 0 Å². The Morgan fingerprint density at radius 2 is 1.85 bits per heavy atom. The normalized spacial score (nSPS) is 13.8. The summed E-state index contributed by atoms with van der Waals surface area (Å²) in [5.41, 5.74) is 2.43. The van der Waals surface area contributed by atoms with Gasteiger partial charge < -0.3 is 5.32 Å². The molecule has 4 nitrogen and oxygen atoms in total. The number of carbonyl (C=O) groups is 1. The first-order chi connectivity index (χ1) is 12.6. The van der Waals surface area contributed by atoms with Crippen molar-refractivity contribution in [2.45, 2.75) is 29.7 Å². The first kappa shape index (κ1) is 17.6. The molecular formula is C19H15Cl2N3OS. The van der Waals surface area contributed by atoms with E-state index < -0.39 is 0 Å². The van der Waals surface area contributed by atoms with Gasteiger partial charge in [0, 0.05) is 17.2 Å². The highest BCUT2D eigenvalue weighted by molar-refractivity contribution is 7.98. The SMILES string of the molecule is O=C(NC1CC1)c1cc(SCc2cc(Cl)nc(Cl)c2)nc2ccccc12. The zero-order chi connectivity index (χ0) is 18.1. The zero-order valence-corrected chi connectivity index (χ0v) is 16.0. The summed E-state index contributed by atoms with van der Waals surface area (Å²) < 4.78 is 0. The molecule has 0 aliphatic heterocycles. The van der Waals surface area contributed by atoms with Crippen LogP contribution in [0.15, 0.2) is 47.5 Å². The molecule has 132 valence electrons. The summed E-state index contributed by atoms with van der Waals surface area (Å²) >= 11 is 13.5. The molecule has 2 heterocycles. The van der Waals surface area contributed by atoms with E-state index in [-0.39, 0.29) is 5.91 Å². The third-order valence-corrected chi connectivity index (χ3v) is 5.43. The van der Waals surface area contributed by atoms with Gasteiger partial charge in [0.1, 0.15) is 10.3 Å². The standard InChI is InChI=1S/C19H15Cl2N3OS/c20-16-7-11(8-17(21)24-16)10-26-18-9-14(19(25)22-12-5-6-12)13-3-1-2-4-15(13)23-18/h1-4,7-9,12H,5-6,10H2,(H,22,25). The van der Waals surface area contributed by atoms with E-state index in [0.29, 0.717) is 27.7 Å². The van der Waals surface area contributed by atoms with E-state index in [0.717, 1.165) is 34.3 Å². The molecule has 1 amide bonds. The van der Waals surface area contributed by atoms with E-state index in [2.05, 4.69) is 15.3 Å². The summed E-state index contributed by atoms with van der Waals surface area (Å²) in [4.78, 5) is 21.3. The number of hydrogen-bond donors (Lipinski definition) is 1. The third-order valence-electron chi connectivity index (χ3n) is 4.06. The summed E-state index contributed by atoms with van der Waals surface area (Å²) in [6.45, 7) is 0. The molecule has 0 unspecified atom stereocenters. The second kappa shape index (κ2) is 7.43. The van der Waals surface area contributed by atoms with E-state index in [1.54, 1.807) is 12.1 Å². The molecule has 1 aromatic carbocycles. The number of amides is 1. The van der Waals surface area contributed by atoms with Crippen molar-refractivity contribution in [3.8, 4) is 0 Å². The lowest BCUT2D eigenvalue weighted by atomic mass is 10.1. The maximum absolute atomic E-state index is 12.6. The Labute approximate surface area is 165 Å². The minimum Gasteiger partial charge on any atom is -0.349 e. The Hall–Kier alpha value is -1.82. The summed E-state index contributed by atoms with van der Waals surface area (Å²) in [6.07, 6.45) is 2.11. The number of pyridine rings is 2. The van der Waals surface area contributed by atoms with Crippen molar-refractivity contribution in [1.29, 1.82) is 0 Å². The molecule has 2 aromatic heterocycles. The Bertz CT molecular complexity index is 971. The molecular weight excluding hydrogens is 389 g/mol. The summed E-state index contributed by atoms with van der Waals surface area (Å²) in [7, 11) is 0. The number of thioether (sulfide) groups is 1. The van der Waals surface area contributed by atoms with Crippen LogP contribution in [-0.2, 0) is 5.75 Å². The van der Waals surface area contributed by atoms with Gasteiger partial charge in [0.25, 0.3) is 5.91 Å². The molecule has 26 heavy (non-hydrogen) atoms. The van der Waals surface area contributed by atoms with Gasteiger partial charge in [-0.1, -0.05) is 41.4 Å². The van der Waals surface area contributed by atoms with Crippen molar-refractivity contribution in [1.82, 2.24) is 15.3 Å². The van der Waals surface area contributed by atoms with Gasteiger partial charge in [-0.2, -0.15) is 0 Å². The zero-order valence-electron chi connectivity index (χ0n) is 13.7. The number of halogens is 2. The van der Waals surface area contributed by atoms with Crippen molar-refractivity contribution in [3.05, 3.63) is 63.9 Å². The number of fused-ring (bicyclic) bond motifs is 1. The van der Waals surface area contributed by atoms with Gasteiger partial charge in [-0.15, -0.1) is 11.8 Å². The molecule has 3 aromatic rings. The monoisotopic (exact) mass is 403 g/mol. The molecule has 1 aliphatic rings. The number of para-hydroxylation sites is 1. The van der Waals surface area contributed by atoms with Crippen LogP contribution < -0.4 is 5.32 Å². The van der Waals surface area contributed by atoms with Gasteiger partial charge in [0.15, 0.2) is 0 Å². The second-order valence-corrected chi connectivity index (χ2v) is 7.95. The molecule has 1 fully saturated rings. The third kappa shape index (κ3) is 4.11. The van der Waals surface area contributed by atoms with Crippen LogP contribution >= 0.6 is 35.0 Å². The number of carbonyl (C=O) groups excluding carboxylic acids is 1. The fourth-order valence-electron chi connectivity index (χ4n) is 2.66. The van der Waals surface area contributed by atoms with Crippen molar-refractivity contribution < 1.29 is 4.79 Å². The maximum atomic E-state index is 12.6. The second-order valence-electron chi connectivity index (χ2n) is 6.18. The van der Waals surface area contributed by atoms with Crippen LogP contribution in [0.2, 0.25) is 10.3 Å². The summed E-state index contributed by atoms with van der Waals surface area (Å²) in [5.74, 6) is 0.597. The number of nitrogens with one attached hydrogen (secondary N) is 1. The molecule has 1 N–H and O–H groups in total. The predicted molar refractivity (Wildman–Crippen MR) is 106 cm³/mol. The molecule has 7 heteroatoms.